The van der Waals surface area contributed by atoms with Crippen molar-refractivity contribution < 1.29 is 9.90 Å². The largest absolute Gasteiger partial charge is 0.480 e. The molecule has 0 radical (unpaired) electrons. The number of aryl methyl sites for hydroxylation is 1. The molecule has 1 aliphatic rings. The summed E-state index contributed by atoms with van der Waals surface area (Å²) in [5, 5.41) is 9.38. The number of hydrogen-bond acceptors (Lipinski definition) is 3. The van der Waals surface area contributed by atoms with E-state index in [0.29, 0.717) is 6.42 Å². The van der Waals surface area contributed by atoms with Gasteiger partial charge in [-0.3, -0.25) is 4.79 Å². The number of carboxylic acids is 1. The molecule has 0 aliphatic heterocycles. The Morgan fingerprint density at radius 2 is 2.29 bits per heavy atom. The van der Waals surface area contributed by atoms with Gasteiger partial charge in [0.15, 0.2) is 0 Å². The smallest absolute Gasteiger partial charge is 0.323 e. The van der Waals surface area contributed by atoms with E-state index in [9.17, 15) is 9.90 Å². The van der Waals surface area contributed by atoms with E-state index in [2.05, 4.69) is 43.0 Å². The van der Waals surface area contributed by atoms with Gasteiger partial charge in [-0.2, -0.15) is 0 Å². The van der Waals surface area contributed by atoms with Gasteiger partial charge >= 0.3 is 5.97 Å². The maximum Gasteiger partial charge on any atom is 0.323 e. The summed E-state index contributed by atoms with van der Waals surface area (Å²) in [7, 11) is 0. The first-order valence-electron chi connectivity index (χ1n) is 7.81. The van der Waals surface area contributed by atoms with E-state index in [1.807, 2.05) is 0 Å². The molecule has 0 spiro atoms. The molecule has 0 heterocycles. The number of carboxylic acid groups (broad SMARTS) is 1. The van der Waals surface area contributed by atoms with Crippen molar-refractivity contribution in [2.45, 2.75) is 45.1 Å². The van der Waals surface area contributed by atoms with Gasteiger partial charge < -0.3 is 15.7 Å². The molecule has 116 valence electrons. The average molecular weight is 290 g/mol. The van der Waals surface area contributed by atoms with Crippen LogP contribution < -0.4 is 10.6 Å². The molecule has 0 saturated heterocycles. The minimum Gasteiger partial charge on any atom is -0.480 e. The lowest BCUT2D eigenvalue weighted by Crippen LogP contribution is -2.51. The summed E-state index contributed by atoms with van der Waals surface area (Å²) < 4.78 is 0. The number of benzene rings is 1. The lowest BCUT2D eigenvalue weighted by atomic mass is 9.85. The van der Waals surface area contributed by atoms with Crippen LogP contribution in [0, 0.1) is 12.8 Å². The van der Waals surface area contributed by atoms with Crippen LogP contribution in [0.15, 0.2) is 24.3 Å². The van der Waals surface area contributed by atoms with Gasteiger partial charge in [0, 0.05) is 18.8 Å². The maximum absolute atomic E-state index is 11.4. The first kappa shape index (κ1) is 15.8. The monoisotopic (exact) mass is 290 g/mol. The number of anilines is 1. The number of nitrogens with two attached hydrogens (primary N) is 1. The van der Waals surface area contributed by atoms with Crippen molar-refractivity contribution in [3.63, 3.8) is 0 Å². The predicted molar refractivity (Wildman–Crippen MR) is 85.6 cm³/mol. The summed E-state index contributed by atoms with van der Waals surface area (Å²) in [5.74, 6) is -0.766. The van der Waals surface area contributed by atoms with Gasteiger partial charge in [-0.1, -0.05) is 18.6 Å². The second-order valence-electron chi connectivity index (χ2n) is 6.14. The Labute approximate surface area is 126 Å². The van der Waals surface area contributed by atoms with Crippen molar-refractivity contribution in [3.05, 3.63) is 29.8 Å². The standard InChI is InChI=1S/C17H26N2O2/c1-3-19(15-8-4-6-13(2)12-15)11-9-14-7-5-10-17(14,18)16(20)21/h4,6,8,12,14H,3,5,7,9-11,18H2,1-2H3,(H,20,21). The summed E-state index contributed by atoms with van der Waals surface area (Å²) in [6, 6.07) is 8.43. The molecule has 1 aromatic carbocycles. The average Bonchev–Trinajstić information content (AvgIpc) is 2.82. The Bertz CT molecular complexity index is 503. The molecule has 21 heavy (non-hydrogen) atoms. The molecule has 3 N–H and O–H groups in total. The highest BCUT2D eigenvalue weighted by Crippen LogP contribution is 2.36. The molecule has 2 atom stereocenters. The minimum absolute atomic E-state index is 0.0776. The Morgan fingerprint density at radius 1 is 1.52 bits per heavy atom. The van der Waals surface area contributed by atoms with Gasteiger partial charge in [0.05, 0.1) is 0 Å². The van der Waals surface area contributed by atoms with Crippen LogP contribution in [0.3, 0.4) is 0 Å². The molecule has 0 bridgehead atoms. The number of aliphatic carboxylic acids is 1. The molecule has 2 unspecified atom stereocenters. The van der Waals surface area contributed by atoms with Gasteiger partial charge in [-0.15, -0.1) is 0 Å². The number of carbonyl (C=O) groups is 1. The fourth-order valence-corrected chi connectivity index (χ4v) is 3.39. The van der Waals surface area contributed by atoms with Crippen LogP contribution in [0.4, 0.5) is 5.69 Å². The summed E-state index contributed by atoms with van der Waals surface area (Å²) in [6.07, 6.45) is 3.28. The molecule has 1 fully saturated rings. The zero-order valence-corrected chi connectivity index (χ0v) is 13.0. The quantitative estimate of drug-likeness (QED) is 0.845. The van der Waals surface area contributed by atoms with Crippen molar-refractivity contribution in [2.24, 2.45) is 11.7 Å². The van der Waals surface area contributed by atoms with Gasteiger partial charge in [0.1, 0.15) is 5.54 Å². The first-order chi connectivity index (χ1) is 9.97. The second kappa shape index (κ2) is 6.48. The normalized spacial score (nSPS) is 25.0. The van der Waals surface area contributed by atoms with E-state index in [1.165, 1.54) is 11.3 Å². The first-order valence-corrected chi connectivity index (χ1v) is 7.81. The molecular weight excluding hydrogens is 264 g/mol. The van der Waals surface area contributed by atoms with E-state index >= 15 is 0 Å². The number of hydrogen-bond donors (Lipinski definition) is 2. The van der Waals surface area contributed by atoms with Crippen molar-refractivity contribution in [2.75, 3.05) is 18.0 Å². The van der Waals surface area contributed by atoms with E-state index in [1.54, 1.807) is 0 Å². The maximum atomic E-state index is 11.4. The third kappa shape index (κ3) is 3.38. The molecule has 1 saturated carbocycles. The van der Waals surface area contributed by atoms with Gasteiger partial charge in [0.25, 0.3) is 0 Å². The zero-order valence-electron chi connectivity index (χ0n) is 13.0. The lowest BCUT2D eigenvalue weighted by Gasteiger charge is -2.30. The Morgan fingerprint density at radius 3 is 2.90 bits per heavy atom. The third-order valence-electron chi connectivity index (χ3n) is 4.77. The minimum atomic E-state index is -1.02. The number of nitrogens with zero attached hydrogens (tertiary/aromatic N) is 1. The second-order valence-corrected chi connectivity index (χ2v) is 6.14. The van der Waals surface area contributed by atoms with Crippen molar-refractivity contribution in [1.82, 2.24) is 0 Å². The van der Waals surface area contributed by atoms with Gasteiger partial charge in [0.2, 0.25) is 0 Å². The Kier molecular flexibility index (Phi) is 4.88. The highest BCUT2D eigenvalue weighted by atomic mass is 16.4. The van der Waals surface area contributed by atoms with Crippen molar-refractivity contribution in [1.29, 1.82) is 0 Å². The molecule has 4 nitrogen and oxygen atoms in total. The lowest BCUT2D eigenvalue weighted by molar-refractivity contribution is -0.144. The van der Waals surface area contributed by atoms with Gasteiger partial charge in [-0.25, -0.2) is 0 Å². The SMILES string of the molecule is CCN(CCC1CCCC1(N)C(=O)O)c1cccc(C)c1. The van der Waals surface area contributed by atoms with Crippen LogP contribution in [0.2, 0.25) is 0 Å². The summed E-state index contributed by atoms with van der Waals surface area (Å²) in [4.78, 5) is 13.7. The Hall–Kier alpha value is -1.55. The predicted octanol–water partition coefficient (Wildman–Crippen LogP) is 2.79. The highest BCUT2D eigenvalue weighted by Gasteiger charge is 2.45. The summed E-state index contributed by atoms with van der Waals surface area (Å²) in [5.41, 5.74) is 7.54. The zero-order chi connectivity index (χ0) is 15.5. The van der Waals surface area contributed by atoms with Crippen LogP contribution in [0.5, 0.6) is 0 Å². The van der Waals surface area contributed by atoms with Crippen LogP contribution in [-0.2, 0) is 4.79 Å². The van der Waals surface area contributed by atoms with E-state index in [4.69, 9.17) is 5.73 Å². The molecule has 0 aromatic heterocycles. The Balaban J connectivity index is 2.02. The van der Waals surface area contributed by atoms with Crippen LogP contribution in [0.1, 0.15) is 38.2 Å². The van der Waals surface area contributed by atoms with E-state index in [-0.39, 0.29) is 5.92 Å². The van der Waals surface area contributed by atoms with E-state index < -0.39 is 11.5 Å². The van der Waals surface area contributed by atoms with Crippen LogP contribution >= 0.6 is 0 Å². The summed E-state index contributed by atoms with van der Waals surface area (Å²) in [6.45, 7) is 5.99. The fourth-order valence-electron chi connectivity index (χ4n) is 3.39. The third-order valence-corrected chi connectivity index (χ3v) is 4.77. The van der Waals surface area contributed by atoms with Crippen molar-refractivity contribution in [3.8, 4) is 0 Å². The molecule has 4 heteroatoms. The van der Waals surface area contributed by atoms with Crippen LogP contribution in [0.25, 0.3) is 0 Å². The van der Waals surface area contributed by atoms with Gasteiger partial charge in [-0.05, 0) is 56.7 Å². The highest BCUT2D eigenvalue weighted by molar-refractivity contribution is 5.79. The topological polar surface area (TPSA) is 66.6 Å². The molecule has 1 aliphatic carbocycles. The molecule has 0 amide bonds. The molecule has 2 rings (SSSR count). The summed E-state index contributed by atoms with van der Waals surface area (Å²) >= 11 is 0. The van der Waals surface area contributed by atoms with Crippen molar-refractivity contribution >= 4 is 11.7 Å². The number of rotatable bonds is 6. The molecular formula is C17H26N2O2. The molecule has 1 aromatic rings. The fraction of sp³-hybridized carbons (Fsp3) is 0.588. The van der Waals surface area contributed by atoms with E-state index in [0.717, 1.165) is 32.4 Å². The van der Waals surface area contributed by atoms with Crippen LogP contribution in [-0.4, -0.2) is 29.7 Å².